The Morgan fingerprint density at radius 2 is 1.88 bits per heavy atom. The predicted molar refractivity (Wildman–Crippen MR) is 133 cm³/mol. The van der Waals surface area contributed by atoms with Gasteiger partial charge in [-0.05, 0) is 55.2 Å². The van der Waals surface area contributed by atoms with Gasteiger partial charge in [-0.25, -0.2) is 4.79 Å². The zero-order valence-electron chi connectivity index (χ0n) is 19.8. The van der Waals surface area contributed by atoms with Crippen LogP contribution in [0.25, 0.3) is 6.08 Å². The fraction of sp³-hybridized carbons (Fsp3) is 0.464. The molecule has 2 saturated carbocycles. The van der Waals surface area contributed by atoms with Crippen LogP contribution < -0.4 is 10.1 Å². The van der Waals surface area contributed by atoms with Crippen LogP contribution in [0.4, 0.5) is 0 Å². The Morgan fingerprint density at radius 3 is 2.48 bits per heavy atom. The highest BCUT2D eigenvalue weighted by Crippen LogP contribution is 2.49. The molecule has 5 rings (SSSR count). The van der Waals surface area contributed by atoms with E-state index >= 15 is 0 Å². The average molecular weight is 449 g/mol. The molecular weight excluding hydrogens is 412 g/mol. The predicted octanol–water partition coefficient (Wildman–Crippen LogP) is 5.22. The molecule has 33 heavy (non-hydrogen) atoms. The normalized spacial score (nSPS) is 19.5. The number of nitrogens with zero attached hydrogens (tertiary/aromatic N) is 1. The van der Waals surface area contributed by atoms with Gasteiger partial charge in [-0.15, -0.1) is 0 Å². The van der Waals surface area contributed by atoms with Crippen molar-refractivity contribution in [3.63, 3.8) is 0 Å². The Labute approximate surface area is 197 Å². The zero-order chi connectivity index (χ0) is 23.3. The third-order valence-corrected chi connectivity index (χ3v) is 6.80. The topological polar surface area (TPSA) is 61.8 Å². The first-order chi connectivity index (χ1) is 16.0. The van der Waals surface area contributed by atoms with Crippen molar-refractivity contribution < 1.29 is 14.6 Å². The number of hydrogen-bond donors (Lipinski definition) is 2. The number of hydrogen-bond acceptors (Lipinski definition) is 4. The first kappa shape index (κ1) is 23.5. The van der Waals surface area contributed by atoms with E-state index in [1.165, 1.54) is 31.2 Å². The van der Waals surface area contributed by atoms with Gasteiger partial charge in [0.25, 0.3) is 0 Å². The number of carboxylic acid groups (broad SMARTS) is 1. The number of benzene rings is 2. The highest BCUT2D eigenvalue weighted by atomic mass is 16.5. The average Bonchev–Trinajstić information content (AvgIpc) is 3.60. The number of nitrogens with one attached hydrogen (secondary N) is 1. The third kappa shape index (κ3) is 6.24. The molecule has 0 radical (unpaired) electrons. The summed E-state index contributed by atoms with van der Waals surface area (Å²) in [4.78, 5) is 13.5. The lowest BCUT2D eigenvalue weighted by Crippen LogP contribution is -2.65. The van der Waals surface area contributed by atoms with Crippen LogP contribution in [0.1, 0.15) is 60.5 Å². The van der Waals surface area contributed by atoms with Crippen molar-refractivity contribution in [1.82, 2.24) is 10.2 Å². The lowest BCUT2D eigenvalue weighted by Gasteiger charge is -2.59. The minimum absolute atomic E-state index is 0.277. The van der Waals surface area contributed by atoms with Crippen molar-refractivity contribution >= 4 is 12.0 Å². The van der Waals surface area contributed by atoms with E-state index in [1.54, 1.807) is 19.2 Å². The van der Waals surface area contributed by atoms with Gasteiger partial charge in [0.1, 0.15) is 5.75 Å². The number of methoxy groups -OCH3 is 1. The van der Waals surface area contributed by atoms with Crippen molar-refractivity contribution in [2.45, 2.75) is 57.7 Å². The standard InChI is InChI=1S/C18H24N2O3.C10H12/c1-23-16-6-12(17(21)22)2-3-13(16)9-20-10-18(11-20)7-15(8-18)19-14-4-5-14;1-2-3-7-10-8-5-4-6-9-10/h2-3,6,14-15,19H,4-5,7-11H2,1H3,(H,21,22);3-9H,2H2,1H3/b;7-3-. The largest absolute Gasteiger partial charge is 0.496 e. The van der Waals surface area contributed by atoms with Crippen molar-refractivity contribution in [3.8, 4) is 5.75 Å². The summed E-state index contributed by atoms with van der Waals surface area (Å²) in [6.45, 7) is 5.28. The quantitative estimate of drug-likeness (QED) is 0.580. The van der Waals surface area contributed by atoms with Gasteiger partial charge in [-0.2, -0.15) is 0 Å². The SMILES string of the molecule is CC/C=C\c1ccccc1.COc1cc(C(=O)O)ccc1CN1CC2(CC(NC3CC3)C2)C1. The second kappa shape index (κ2) is 10.5. The summed E-state index contributed by atoms with van der Waals surface area (Å²) >= 11 is 0. The second-order valence-corrected chi connectivity index (χ2v) is 9.74. The molecule has 176 valence electrons. The highest BCUT2D eigenvalue weighted by Gasteiger charge is 2.52. The van der Waals surface area contributed by atoms with Gasteiger partial charge < -0.3 is 15.2 Å². The Morgan fingerprint density at radius 1 is 1.15 bits per heavy atom. The molecule has 1 heterocycles. The Bertz CT molecular complexity index is 954. The molecule has 0 bridgehead atoms. The zero-order valence-corrected chi connectivity index (χ0v) is 19.8. The first-order valence-electron chi connectivity index (χ1n) is 12.1. The van der Waals surface area contributed by atoms with E-state index < -0.39 is 5.97 Å². The molecule has 2 N–H and O–H groups in total. The van der Waals surface area contributed by atoms with E-state index in [1.807, 2.05) is 12.1 Å². The molecule has 0 aromatic heterocycles. The number of likely N-dealkylation sites (tertiary alicyclic amines) is 1. The summed E-state index contributed by atoms with van der Waals surface area (Å²) in [5.74, 6) is -0.242. The smallest absolute Gasteiger partial charge is 0.335 e. The maximum absolute atomic E-state index is 11.0. The summed E-state index contributed by atoms with van der Waals surface area (Å²) in [6, 6.07) is 17.1. The monoisotopic (exact) mass is 448 g/mol. The summed E-state index contributed by atoms with van der Waals surface area (Å²) < 4.78 is 5.37. The van der Waals surface area contributed by atoms with Crippen molar-refractivity contribution in [1.29, 1.82) is 0 Å². The van der Waals surface area contributed by atoms with Crippen molar-refractivity contribution in [2.75, 3.05) is 20.2 Å². The molecule has 0 unspecified atom stereocenters. The molecule has 2 aliphatic carbocycles. The van der Waals surface area contributed by atoms with Crippen LogP contribution in [0.2, 0.25) is 0 Å². The molecule has 5 heteroatoms. The number of allylic oxidation sites excluding steroid dienone is 1. The van der Waals surface area contributed by atoms with Crippen molar-refractivity contribution in [2.24, 2.45) is 5.41 Å². The molecule has 1 spiro atoms. The van der Waals surface area contributed by atoms with E-state index in [2.05, 4.69) is 53.6 Å². The van der Waals surface area contributed by atoms with Crippen LogP contribution in [0.3, 0.4) is 0 Å². The Hall–Kier alpha value is -2.63. The fourth-order valence-electron chi connectivity index (χ4n) is 5.03. The summed E-state index contributed by atoms with van der Waals surface area (Å²) in [7, 11) is 1.60. The van der Waals surface area contributed by atoms with E-state index in [0.717, 1.165) is 43.7 Å². The van der Waals surface area contributed by atoms with Crippen LogP contribution in [0, 0.1) is 5.41 Å². The molecule has 3 aliphatic rings. The third-order valence-electron chi connectivity index (χ3n) is 6.80. The van der Waals surface area contributed by atoms with Crippen molar-refractivity contribution in [3.05, 3.63) is 71.3 Å². The molecule has 1 saturated heterocycles. The molecular formula is C28H36N2O3. The highest BCUT2D eigenvalue weighted by molar-refractivity contribution is 5.88. The number of carboxylic acids is 1. The second-order valence-electron chi connectivity index (χ2n) is 9.74. The first-order valence-corrected chi connectivity index (χ1v) is 12.1. The number of ether oxygens (including phenoxy) is 1. The van der Waals surface area contributed by atoms with Gasteiger partial charge in [0.05, 0.1) is 12.7 Å². The maximum atomic E-state index is 11.0. The lowest BCUT2D eigenvalue weighted by molar-refractivity contribution is -0.0834. The van der Waals surface area contributed by atoms with Gasteiger partial charge in [-0.1, -0.05) is 55.5 Å². The van der Waals surface area contributed by atoms with Crippen LogP contribution >= 0.6 is 0 Å². The van der Waals surface area contributed by atoms with E-state index in [4.69, 9.17) is 9.84 Å². The van der Waals surface area contributed by atoms with Gasteiger partial charge >= 0.3 is 5.97 Å². The summed E-state index contributed by atoms with van der Waals surface area (Å²) in [5, 5.41) is 12.8. The number of carbonyl (C=O) groups is 1. The molecule has 0 atom stereocenters. The van der Waals surface area contributed by atoms with Crippen LogP contribution in [0.15, 0.2) is 54.6 Å². The minimum atomic E-state index is -0.915. The Kier molecular flexibility index (Phi) is 7.51. The lowest BCUT2D eigenvalue weighted by atomic mass is 9.60. The molecule has 3 fully saturated rings. The maximum Gasteiger partial charge on any atom is 0.335 e. The van der Waals surface area contributed by atoms with Gasteiger partial charge in [0, 0.05) is 37.3 Å². The number of rotatable bonds is 8. The molecule has 0 amide bonds. The molecule has 2 aromatic carbocycles. The van der Waals surface area contributed by atoms with Crippen LogP contribution in [-0.4, -0.2) is 48.3 Å². The van der Waals surface area contributed by atoms with Gasteiger partial charge in [-0.3, -0.25) is 4.90 Å². The summed E-state index contributed by atoms with van der Waals surface area (Å²) in [6.07, 6.45) is 10.8. The van der Waals surface area contributed by atoms with E-state index in [9.17, 15) is 4.79 Å². The molecule has 1 aliphatic heterocycles. The molecule has 5 nitrogen and oxygen atoms in total. The Balaban J connectivity index is 0.000000219. The van der Waals surface area contributed by atoms with E-state index in [-0.39, 0.29) is 5.56 Å². The van der Waals surface area contributed by atoms with Crippen LogP contribution in [0.5, 0.6) is 5.75 Å². The van der Waals surface area contributed by atoms with Gasteiger partial charge in [0.2, 0.25) is 0 Å². The van der Waals surface area contributed by atoms with Gasteiger partial charge in [0.15, 0.2) is 0 Å². The van der Waals surface area contributed by atoms with Crippen LogP contribution in [-0.2, 0) is 6.54 Å². The summed E-state index contributed by atoms with van der Waals surface area (Å²) in [5.41, 5.74) is 3.17. The fourth-order valence-corrected chi connectivity index (χ4v) is 5.03. The van der Waals surface area contributed by atoms with E-state index in [0.29, 0.717) is 11.2 Å². The minimum Gasteiger partial charge on any atom is -0.496 e. The molecule has 2 aromatic rings. The number of aromatic carboxylic acids is 1.